The maximum absolute atomic E-state index is 14.5. The summed E-state index contributed by atoms with van der Waals surface area (Å²) in [6.07, 6.45) is 6.33. The quantitative estimate of drug-likeness (QED) is 0.0480. The zero-order valence-electron chi connectivity index (χ0n) is 47.8. The van der Waals surface area contributed by atoms with Crippen molar-refractivity contribution in [3.05, 3.63) is 127 Å². The number of carbonyl (C=O) groups is 6. The van der Waals surface area contributed by atoms with Crippen molar-refractivity contribution in [2.24, 2.45) is 5.73 Å². The molecule has 5 N–H and O–H groups in total. The lowest BCUT2D eigenvalue weighted by molar-refractivity contribution is -0.157. The zero-order chi connectivity index (χ0) is 59.7. The van der Waals surface area contributed by atoms with Crippen molar-refractivity contribution in [3.63, 3.8) is 0 Å². The third kappa shape index (κ3) is 15.3. The summed E-state index contributed by atoms with van der Waals surface area (Å²) in [5.74, 6) is -2.55. The van der Waals surface area contributed by atoms with E-state index in [0.29, 0.717) is 107 Å². The lowest BCUT2D eigenvalue weighted by atomic mass is 9.85. The number of aliphatic hydroxyl groups is 1. The second-order valence-corrected chi connectivity index (χ2v) is 20.4. The first-order chi connectivity index (χ1) is 40.8. The Morgan fingerprint density at radius 3 is 2.18 bits per heavy atom. The third-order valence-electron chi connectivity index (χ3n) is 15.0. The van der Waals surface area contributed by atoms with E-state index in [1.807, 2.05) is 68.5 Å². The molecular weight excluding hydrogens is 1090 g/mol. The molecule has 1 saturated heterocycles. The van der Waals surface area contributed by atoms with E-state index >= 15 is 0 Å². The van der Waals surface area contributed by atoms with E-state index in [1.54, 1.807) is 22.5 Å². The SMILES string of the molecule is CC.Cc1c(F)cc2nc3c(c4c2c1CCC4)Cn1c-3cc2c(c1=O)COC(=O)C2O.NC(=O)COC1CCCN1C(=O)CNC(=O)CCOCCOCCOCCOCCNC(=O)CCC(=O)N1Cc2ccccc2/C=C\c2ccccc21. The van der Waals surface area contributed by atoms with Gasteiger partial charge in [-0.1, -0.05) is 68.5 Å². The van der Waals surface area contributed by atoms with Crippen LogP contribution in [0.15, 0.2) is 65.5 Å². The number of hydrogen-bond donors (Lipinski definition) is 4. The van der Waals surface area contributed by atoms with Crippen LogP contribution in [0.4, 0.5) is 10.1 Å². The highest BCUT2D eigenvalue weighted by molar-refractivity contribution is 5.98. The average molecular weight is 1160 g/mol. The number of likely N-dealkylation sites (tertiary alicyclic amines) is 1. The molecule has 1 fully saturated rings. The fourth-order valence-electron chi connectivity index (χ4n) is 10.8. The first-order valence-corrected chi connectivity index (χ1v) is 28.7. The first kappa shape index (κ1) is 62.3. The van der Waals surface area contributed by atoms with E-state index in [4.69, 9.17) is 39.1 Å². The molecule has 21 nitrogen and oxygen atoms in total. The highest BCUT2D eigenvalue weighted by atomic mass is 19.1. The van der Waals surface area contributed by atoms with Crippen LogP contribution in [0.3, 0.4) is 0 Å². The molecule has 0 radical (unpaired) electrons. The summed E-state index contributed by atoms with van der Waals surface area (Å²) in [5, 5.41) is 16.6. The van der Waals surface area contributed by atoms with Crippen LogP contribution >= 0.6 is 0 Å². The number of esters is 1. The minimum atomic E-state index is -1.48. The van der Waals surface area contributed by atoms with Gasteiger partial charge in [-0.2, -0.15) is 0 Å². The molecule has 22 heteroatoms. The molecule has 5 aliphatic rings. The van der Waals surface area contributed by atoms with Gasteiger partial charge in [0, 0.05) is 54.9 Å². The lowest BCUT2D eigenvalue weighted by Gasteiger charge is -2.27. The number of halogens is 1. The number of anilines is 1. The summed E-state index contributed by atoms with van der Waals surface area (Å²) < 4.78 is 48.3. The fourth-order valence-corrected chi connectivity index (χ4v) is 10.8. The first-order valence-electron chi connectivity index (χ1n) is 28.7. The average Bonchev–Trinajstić information content (AvgIpc) is 1.82. The number of primary amides is 1. The number of aromatic nitrogens is 2. The van der Waals surface area contributed by atoms with Gasteiger partial charge in [-0.15, -0.1) is 0 Å². The van der Waals surface area contributed by atoms with Gasteiger partial charge in [0.05, 0.1) is 101 Å². The summed E-state index contributed by atoms with van der Waals surface area (Å²) in [6, 6.07) is 18.9. The molecule has 10 rings (SSSR count). The molecule has 2 aromatic heterocycles. The van der Waals surface area contributed by atoms with Crippen LogP contribution in [0, 0.1) is 12.7 Å². The van der Waals surface area contributed by atoms with Crippen molar-refractivity contribution in [1.29, 1.82) is 0 Å². The molecule has 2 unspecified atom stereocenters. The van der Waals surface area contributed by atoms with E-state index in [2.05, 4.69) is 16.7 Å². The van der Waals surface area contributed by atoms with E-state index in [0.717, 1.165) is 70.1 Å². The molecule has 0 bridgehead atoms. The number of benzene rings is 3. The molecular formula is C62H74FN7O14. The van der Waals surface area contributed by atoms with E-state index < -0.39 is 24.2 Å². The molecule has 84 heavy (non-hydrogen) atoms. The number of fused-ring (bicyclic) bond motifs is 7. The Hall–Kier alpha value is -7.73. The van der Waals surface area contributed by atoms with Gasteiger partial charge in [-0.3, -0.25) is 28.8 Å². The number of nitrogens with two attached hydrogens (primary N) is 1. The summed E-state index contributed by atoms with van der Waals surface area (Å²) in [4.78, 5) is 93.9. The van der Waals surface area contributed by atoms with E-state index in [1.165, 1.54) is 11.0 Å². The third-order valence-corrected chi connectivity index (χ3v) is 15.0. The number of nitrogens with zero attached hydrogens (tertiary/aromatic N) is 4. The number of cyclic esters (lactones) is 1. The van der Waals surface area contributed by atoms with Gasteiger partial charge >= 0.3 is 5.97 Å². The number of pyridine rings is 2. The Kier molecular flexibility index (Phi) is 22.4. The van der Waals surface area contributed by atoms with Crippen LogP contribution in [-0.2, 0) is 89.7 Å². The number of rotatable bonds is 23. The predicted octanol–water partition coefficient (Wildman–Crippen LogP) is 5.10. The standard InChI is InChI=1S/C38H51N5O10.C22H17FN2O4.C2H6/c39-33(44)28-53-38-10-5-17-42(38)37(48)26-41-35(46)15-18-49-20-22-51-24-25-52-23-21-50-19-16-40-34(45)13-14-36(47)43-27-31-8-2-1-6-29(31)11-12-30-7-3-4-9-32(30)43;1-9-10-3-2-4-11-13-7-25-17(19(13)24-16(18(10)11)6-15(9)23)5-12-14(21(25)27)8-29-22(28)20(12)26;1-2/h1-4,6-9,11-12,38H,5,10,13-28H2,(H2,39,44)(H,40,45)(H,41,46);5-6,20,26H,2-4,7-8H2,1H3;1-2H3/b12-11-;;. The molecule has 1 aliphatic carbocycles. The van der Waals surface area contributed by atoms with Crippen molar-refractivity contribution in [2.75, 3.05) is 84.0 Å². The van der Waals surface area contributed by atoms with Gasteiger partial charge in [0.15, 0.2) is 6.10 Å². The highest BCUT2D eigenvalue weighted by Crippen LogP contribution is 2.42. The number of hydrogen-bond acceptors (Lipinski definition) is 15. The normalized spacial score (nSPS) is 16.4. The van der Waals surface area contributed by atoms with Gasteiger partial charge in [0.1, 0.15) is 25.3 Å². The van der Waals surface area contributed by atoms with Crippen LogP contribution in [-0.4, -0.2) is 140 Å². The number of nitrogens with one attached hydrogen (secondary N) is 2. The zero-order valence-corrected chi connectivity index (χ0v) is 47.8. The van der Waals surface area contributed by atoms with Crippen molar-refractivity contribution in [3.8, 4) is 11.4 Å². The Bertz CT molecular complexity index is 3310. The maximum atomic E-state index is 14.5. The highest BCUT2D eigenvalue weighted by Gasteiger charge is 2.36. The molecule has 0 spiro atoms. The van der Waals surface area contributed by atoms with E-state index in [-0.39, 0.29) is 86.2 Å². The van der Waals surface area contributed by atoms with Crippen LogP contribution in [0.25, 0.3) is 34.4 Å². The van der Waals surface area contributed by atoms with Gasteiger partial charge in [0.25, 0.3) is 5.56 Å². The smallest absolute Gasteiger partial charge is 0.340 e. The van der Waals surface area contributed by atoms with Crippen LogP contribution in [0.2, 0.25) is 0 Å². The topological polar surface area (TPSA) is 269 Å². The molecule has 6 heterocycles. The van der Waals surface area contributed by atoms with Crippen LogP contribution in [0.1, 0.15) is 109 Å². The minimum absolute atomic E-state index is 0.0824. The second kappa shape index (κ2) is 30.2. The minimum Gasteiger partial charge on any atom is -0.458 e. The summed E-state index contributed by atoms with van der Waals surface area (Å²) in [5.41, 5.74) is 14.8. The lowest BCUT2D eigenvalue weighted by Crippen LogP contribution is -2.44. The molecule has 0 saturated carbocycles. The molecule has 448 valence electrons. The summed E-state index contributed by atoms with van der Waals surface area (Å²) >= 11 is 0. The molecule has 4 aliphatic heterocycles. The largest absolute Gasteiger partial charge is 0.458 e. The Balaban J connectivity index is 0.000000246. The molecule has 5 aromatic rings. The van der Waals surface area contributed by atoms with Crippen molar-refractivity contribution >= 4 is 64.2 Å². The van der Waals surface area contributed by atoms with Crippen molar-refractivity contribution in [2.45, 2.75) is 104 Å². The van der Waals surface area contributed by atoms with E-state index in [9.17, 15) is 43.1 Å². The van der Waals surface area contributed by atoms with Crippen LogP contribution in [0.5, 0.6) is 0 Å². The van der Waals surface area contributed by atoms with Gasteiger partial charge < -0.3 is 64.3 Å². The van der Waals surface area contributed by atoms with Gasteiger partial charge in [0.2, 0.25) is 29.5 Å². The summed E-state index contributed by atoms with van der Waals surface area (Å²) in [7, 11) is 0. The second-order valence-electron chi connectivity index (χ2n) is 20.4. The number of amides is 5. The van der Waals surface area contributed by atoms with Crippen molar-refractivity contribution in [1.82, 2.24) is 25.1 Å². The molecule has 2 atom stereocenters. The maximum Gasteiger partial charge on any atom is 0.340 e. The predicted molar refractivity (Wildman–Crippen MR) is 309 cm³/mol. The number of para-hydroxylation sites is 1. The number of ether oxygens (including phenoxy) is 6. The summed E-state index contributed by atoms with van der Waals surface area (Å²) in [6.45, 7) is 9.51. The Morgan fingerprint density at radius 1 is 0.762 bits per heavy atom. The number of aliphatic hydroxyl groups excluding tert-OH is 1. The number of carbonyl (C=O) groups excluding carboxylic acids is 6. The molecule has 3 aromatic carbocycles. The van der Waals surface area contributed by atoms with Gasteiger partial charge in [-0.05, 0) is 84.5 Å². The van der Waals surface area contributed by atoms with Crippen LogP contribution < -0.4 is 26.8 Å². The van der Waals surface area contributed by atoms with Gasteiger partial charge in [-0.25, -0.2) is 14.2 Å². The monoisotopic (exact) mass is 1160 g/mol. The fraction of sp³-hybridized carbons (Fsp3) is 0.452. The van der Waals surface area contributed by atoms with Crippen molar-refractivity contribution < 1.29 is 66.7 Å². The number of aryl methyl sites for hydroxylation is 2. The Labute approximate surface area is 486 Å². The Morgan fingerprint density at radius 2 is 1.43 bits per heavy atom. The molecule has 5 amide bonds.